The molecule has 0 radical (unpaired) electrons. The molecular weight excluding hydrogens is 363 g/mol. The summed E-state index contributed by atoms with van der Waals surface area (Å²) in [5, 5.41) is 2.74. The third-order valence-electron chi connectivity index (χ3n) is 4.65. The molecule has 0 bridgehead atoms. The minimum absolute atomic E-state index is 0.160. The average molecular weight is 384 g/mol. The maximum atomic E-state index is 13.3. The first kappa shape index (κ1) is 19.7. The zero-order valence-corrected chi connectivity index (χ0v) is 15.5. The highest BCUT2D eigenvalue weighted by Crippen LogP contribution is 2.22. The van der Waals surface area contributed by atoms with Gasteiger partial charge in [0.15, 0.2) is 0 Å². The third kappa shape index (κ3) is 4.26. The Morgan fingerprint density at radius 2 is 1.79 bits per heavy atom. The Kier molecular flexibility index (Phi) is 6.16. The molecule has 1 atom stereocenters. The zero-order valence-electron chi connectivity index (χ0n) is 15.5. The quantitative estimate of drug-likeness (QED) is 0.710. The smallest absolute Gasteiger partial charge is 0.261 e. The van der Waals surface area contributed by atoms with Gasteiger partial charge in [-0.1, -0.05) is 24.3 Å². The highest BCUT2D eigenvalue weighted by atomic mass is 19.1. The van der Waals surface area contributed by atoms with E-state index in [1.165, 1.54) is 24.1 Å². The SMILES string of the molecule is COC(CNC(=O)CCCN1C(=O)c2ccccc2C1=O)c1cccc(F)c1. The van der Waals surface area contributed by atoms with Gasteiger partial charge in [-0.3, -0.25) is 19.3 Å². The van der Waals surface area contributed by atoms with Gasteiger partial charge in [0.2, 0.25) is 5.91 Å². The first-order valence-electron chi connectivity index (χ1n) is 9.01. The van der Waals surface area contributed by atoms with Crippen LogP contribution >= 0.6 is 0 Å². The van der Waals surface area contributed by atoms with E-state index in [2.05, 4.69) is 5.32 Å². The minimum atomic E-state index is -0.462. The predicted octanol–water partition coefficient (Wildman–Crippen LogP) is 2.71. The van der Waals surface area contributed by atoms with E-state index in [1.807, 2.05) is 0 Å². The molecule has 0 fully saturated rings. The molecule has 0 aromatic heterocycles. The zero-order chi connectivity index (χ0) is 20.1. The predicted molar refractivity (Wildman–Crippen MR) is 100 cm³/mol. The number of benzene rings is 2. The van der Waals surface area contributed by atoms with Gasteiger partial charge in [-0.05, 0) is 36.2 Å². The number of hydrogen-bond donors (Lipinski definition) is 1. The summed E-state index contributed by atoms with van der Waals surface area (Å²) in [6.45, 7) is 0.378. The fourth-order valence-corrected chi connectivity index (χ4v) is 3.18. The van der Waals surface area contributed by atoms with E-state index in [0.29, 0.717) is 23.1 Å². The molecule has 1 unspecified atom stereocenters. The summed E-state index contributed by atoms with van der Waals surface area (Å²) in [5.74, 6) is -1.25. The summed E-state index contributed by atoms with van der Waals surface area (Å²) in [4.78, 5) is 37.8. The number of methoxy groups -OCH3 is 1. The van der Waals surface area contributed by atoms with E-state index in [0.717, 1.165) is 0 Å². The molecule has 146 valence electrons. The Labute approximate surface area is 162 Å². The summed E-state index contributed by atoms with van der Waals surface area (Å²) in [5.41, 5.74) is 1.43. The number of rotatable bonds is 8. The van der Waals surface area contributed by atoms with Gasteiger partial charge in [-0.2, -0.15) is 0 Å². The van der Waals surface area contributed by atoms with Gasteiger partial charge in [0.1, 0.15) is 5.82 Å². The number of hydrogen-bond acceptors (Lipinski definition) is 4. The number of amides is 3. The van der Waals surface area contributed by atoms with Crippen LogP contribution in [0, 0.1) is 5.82 Å². The number of carbonyl (C=O) groups excluding carboxylic acids is 3. The molecule has 1 aliphatic heterocycles. The molecule has 1 aliphatic rings. The monoisotopic (exact) mass is 384 g/mol. The van der Waals surface area contributed by atoms with Crippen molar-refractivity contribution in [1.82, 2.24) is 10.2 Å². The molecular formula is C21H21FN2O4. The third-order valence-corrected chi connectivity index (χ3v) is 4.65. The van der Waals surface area contributed by atoms with Gasteiger partial charge in [-0.15, -0.1) is 0 Å². The van der Waals surface area contributed by atoms with Gasteiger partial charge in [0.25, 0.3) is 11.8 Å². The topological polar surface area (TPSA) is 75.7 Å². The van der Waals surface area contributed by atoms with E-state index >= 15 is 0 Å². The van der Waals surface area contributed by atoms with Crippen LogP contribution < -0.4 is 5.32 Å². The van der Waals surface area contributed by atoms with Crippen LogP contribution in [0.2, 0.25) is 0 Å². The maximum Gasteiger partial charge on any atom is 0.261 e. The maximum absolute atomic E-state index is 13.3. The van der Waals surface area contributed by atoms with Crippen LogP contribution in [0.3, 0.4) is 0 Å². The molecule has 2 aromatic rings. The second-order valence-corrected chi connectivity index (χ2v) is 6.49. The summed E-state index contributed by atoms with van der Waals surface area (Å²) >= 11 is 0. The molecule has 0 spiro atoms. The number of fused-ring (bicyclic) bond motifs is 1. The van der Waals surface area contributed by atoms with Crippen molar-refractivity contribution in [2.45, 2.75) is 18.9 Å². The summed E-state index contributed by atoms with van der Waals surface area (Å²) in [6, 6.07) is 12.7. The lowest BCUT2D eigenvalue weighted by Gasteiger charge is -2.17. The van der Waals surface area contributed by atoms with E-state index in [1.54, 1.807) is 36.4 Å². The number of halogens is 1. The fourth-order valence-electron chi connectivity index (χ4n) is 3.18. The average Bonchev–Trinajstić information content (AvgIpc) is 2.94. The molecule has 28 heavy (non-hydrogen) atoms. The number of imide groups is 1. The van der Waals surface area contributed by atoms with Crippen molar-refractivity contribution in [3.8, 4) is 0 Å². The molecule has 0 saturated heterocycles. The van der Waals surface area contributed by atoms with Gasteiger partial charge in [0, 0.05) is 26.6 Å². The van der Waals surface area contributed by atoms with Crippen molar-refractivity contribution in [2.24, 2.45) is 0 Å². The van der Waals surface area contributed by atoms with Crippen molar-refractivity contribution in [1.29, 1.82) is 0 Å². The molecule has 0 saturated carbocycles. The molecule has 0 aliphatic carbocycles. The summed E-state index contributed by atoms with van der Waals surface area (Å²) < 4.78 is 18.6. The lowest BCUT2D eigenvalue weighted by Crippen LogP contribution is -2.33. The van der Waals surface area contributed by atoms with Crippen LogP contribution in [0.5, 0.6) is 0 Å². The summed E-state index contributed by atoms with van der Waals surface area (Å²) in [6.07, 6.45) is 0.0536. The normalized spacial score (nSPS) is 14.1. The van der Waals surface area contributed by atoms with Crippen LogP contribution in [0.15, 0.2) is 48.5 Å². The van der Waals surface area contributed by atoms with Crippen LogP contribution in [0.25, 0.3) is 0 Å². The molecule has 6 nitrogen and oxygen atoms in total. The van der Waals surface area contributed by atoms with Crippen molar-refractivity contribution >= 4 is 17.7 Å². The Hall–Kier alpha value is -3.06. The van der Waals surface area contributed by atoms with Gasteiger partial charge in [-0.25, -0.2) is 4.39 Å². The first-order valence-corrected chi connectivity index (χ1v) is 9.01. The van der Waals surface area contributed by atoms with E-state index in [-0.39, 0.29) is 43.0 Å². The van der Waals surface area contributed by atoms with E-state index in [9.17, 15) is 18.8 Å². The second kappa shape index (κ2) is 8.75. The largest absolute Gasteiger partial charge is 0.375 e. The van der Waals surface area contributed by atoms with Gasteiger partial charge in [0.05, 0.1) is 17.2 Å². The Balaban J connectivity index is 1.46. The lowest BCUT2D eigenvalue weighted by atomic mass is 10.1. The summed E-state index contributed by atoms with van der Waals surface area (Å²) in [7, 11) is 1.49. The highest BCUT2D eigenvalue weighted by molar-refractivity contribution is 6.21. The van der Waals surface area contributed by atoms with E-state index in [4.69, 9.17) is 4.74 Å². The Bertz CT molecular complexity index is 864. The first-order chi connectivity index (χ1) is 13.5. The van der Waals surface area contributed by atoms with Crippen molar-refractivity contribution < 1.29 is 23.5 Å². The van der Waals surface area contributed by atoms with Crippen molar-refractivity contribution in [2.75, 3.05) is 20.2 Å². The molecule has 1 heterocycles. The van der Waals surface area contributed by atoms with Gasteiger partial charge >= 0.3 is 0 Å². The standard InChI is InChI=1S/C21H21FN2O4/c1-28-18(14-6-4-7-15(22)12-14)13-23-19(25)10-5-11-24-20(26)16-8-2-3-9-17(16)21(24)27/h2-4,6-9,12,18H,5,10-11,13H2,1H3,(H,23,25). The Morgan fingerprint density at radius 3 is 2.39 bits per heavy atom. The van der Waals surface area contributed by atoms with Crippen LogP contribution in [0.4, 0.5) is 4.39 Å². The highest BCUT2D eigenvalue weighted by Gasteiger charge is 2.34. The van der Waals surface area contributed by atoms with Crippen LogP contribution in [0.1, 0.15) is 45.2 Å². The van der Waals surface area contributed by atoms with Crippen LogP contribution in [-0.2, 0) is 9.53 Å². The Morgan fingerprint density at radius 1 is 1.11 bits per heavy atom. The number of ether oxygens (including phenoxy) is 1. The van der Waals surface area contributed by atoms with Crippen LogP contribution in [-0.4, -0.2) is 42.8 Å². The molecule has 3 rings (SSSR count). The van der Waals surface area contributed by atoms with Crippen molar-refractivity contribution in [3.05, 3.63) is 71.0 Å². The molecule has 3 amide bonds. The molecule has 7 heteroatoms. The lowest BCUT2D eigenvalue weighted by molar-refractivity contribution is -0.121. The van der Waals surface area contributed by atoms with E-state index < -0.39 is 6.10 Å². The fraction of sp³-hybridized carbons (Fsp3) is 0.286. The van der Waals surface area contributed by atoms with Crippen molar-refractivity contribution in [3.63, 3.8) is 0 Å². The second-order valence-electron chi connectivity index (χ2n) is 6.49. The number of carbonyl (C=O) groups is 3. The molecule has 1 N–H and O–H groups in total. The van der Waals surface area contributed by atoms with Gasteiger partial charge < -0.3 is 10.1 Å². The number of nitrogens with zero attached hydrogens (tertiary/aromatic N) is 1. The molecule has 2 aromatic carbocycles. The number of nitrogens with one attached hydrogen (secondary N) is 1. The minimum Gasteiger partial charge on any atom is -0.375 e.